The predicted octanol–water partition coefficient (Wildman–Crippen LogP) is 2.05. The van der Waals surface area contributed by atoms with Crippen molar-refractivity contribution in [1.82, 2.24) is 15.3 Å². The van der Waals surface area contributed by atoms with E-state index in [9.17, 15) is 4.79 Å². The molecule has 5 heteroatoms. The van der Waals surface area contributed by atoms with Crippen molar-refractivity contribution in [1.29, 1.82) is 0 Å². The molecule has 18 heavy (non-hydrogen) atoms. The van der Waals surface area contributed by atoms with Crippen molar-refractivity contribution >= 4 is 17.7 Å². The maximum atomic E-state index is 11.5. The molecule has 0 aliphatic heterocycles. The van der Waals surface area contributed by atoms with Gasteiger partial charge in [-0.25, -0.2) is 9.97 Å². The minimum atomic E-state index is 0.0302. The third kappa shape index (κ3) is 4.14. The Morgan fingerprint density at radius 1 is 1.39 bits per heavy atom. The summed E-state index contributed by atoms with van der Waals surface area (Å²) in [6.07, 6.45) is 4.76. The summed E-state index contributed by atoms with van der Waals surface area (Å²) in [6.45, 7) is 8.00. The Labute approximate surface area is 112 Å². The molecule has 0 spiro atoms. The van der Waals surface area contributed by atoms with Gasteiger partial charge in [0.1, 0.15) is 0 Å². The molecular formula is C13H19N3OS. The zero-order valence-corrected chi connectivity index (χ0v) is 11.9. The van der Waals surface area contributed by atoms with Crippen molar-refractivity contribution in [2.45, 2.75) is 31.8 Å². The molecule has 0 saturated heterocycles. The Bertz CT molecular complexity index is 423. The molecule has 1 rings (SSSR count). The molecule has 0 atom stereocenters. The van der Waals surface area contributed by atoms with E-state index < -0.39 is 0 Å². The summed E-state index contributed by atoms with van der Waals surface area (Å²) >= 11 is 1.53. The van der Waals surface area contributed by atoms with Crippen LogP contribution in [0.15, 0.2) is 17.8 Å². The van der Waals surface area contributed by atoms with E-state index >= 15 is 0 Å². The quantitative estimate of drug-likeness (QED) is 0.486. The van der Waals surface area contributed by atoms with Crippen LogP contribution in [0.5, 0.6) is 0 Å². The molecule has 0 unspecified atom stereocenters. The number of nitrogens with one attached hydrogen (secondary N) is 1. The van der Waals surface area contributed by atoms with E-state index in [2.05, 4.69) is 21.9 Å². The van der Waals surface area contributed by atoms with Gasteiger partial charge in [0.15, 0.2) is 5.16 Å². The number of aryl methyl sites for hydroxylation is 2. The fourth-order valence-corrected chi connectivity index (χ4v) is 2.13. The largest absolute Gasteiger partial charge is 0.353 e. The number of carbonyl (C=O) groups excluding carboxylic acids is 1. The van der Waals surface area contributed by atoms with Gasteiger partial charge in [-0.1, -0.05) is 17.8 Å². The van der Waals surface area contributed by atoms with Gasteiger partial charge in [-0.15, -0.1) is 6.58 Å². The fourth-order valence-electron chi connectivity index (χ4n) is 1.67. The van der Waals surface area contributed by atoms with Crippen LogP contribution in [0.4, 0.5) is 0 Å². The van der Waals surface area contributed by atoms with Crippen LogP contribution in [-0.4, -0.2) is 28.7 Å². The molecule has 0 aromatic carbocycles. The fraction of sp³-hybridized carbons (Fsp3) is 0.462. The molecule has 1 amide bonds. The molecule has 4 nitrogen and oxygen atoms in total. The number of carbonyl (C=O) groups is 1. The first-order chi connectivity index (χ1) is 8.58. The van der Waals surface area contributed by atoms with E-state index in [-0.39, 0.29) is 5.91 Å². The van der Waals surface area contributed by atoms with Crippen LogP contribution in [0.2, 0.25) is 0 Å². The van der Waals surface area contributed by atoms with Crippen LogP contribution < -0.4 is 5.32 Å². The molecule has 1 aromatic rings. The lowest BCUT2D eigenvalue weighted by Gasteiger charge is -2.09. The van der Waals surface area contributed by atoms with Crippen molar-refractivity contribution < 1.29 is 4.79 Å². The van der Waals surface area contributed by atoms with Crippen LogP contribution in [0.1, 0.15) is 23.4 Å². The summed E-state index contributed by atoms with van der Waals surface area (Å²) in [5.41, 5.74) is 2.99. The molecule has 0 aliphatic rings. The number of nitrogens with zero attached hydrogens (tertiary/aromatic N) is 2. The van der Waals surface area contributed by atoms with Gasteiger partial charge >= 0.3 is 0 Å². The number of amides is 1. The molecule has 0 aliphatic carbocycles. The van der Waals surface area contributed by atoms with E-state index in [1.807, 2.05) is 20.1 Å². The SMILES string of the molecule is C=CCNC(=O)CCc1c(C)nc(SC)nc1C. The van der Waals surface area contributed by atoms with E-state index in [0.717, 1.165) is 22.1 Å². The van der Waals surface area contributed by atoms with Gasteiger partial charge in [-0.2, -0.15) is 0 Å². The second kappa shape index (κ2) is 7.16. The summed E-state index contributed by atoms with van der Waals surface area (Å²) in [7, 11) is 0. The van der Waals surface area contributed by atoms with Gasteiger partial charge < -0.3 is 5.32 Å². The Kier molecular flexibility index (Phi) is 5.85. The smallest absolute Gasteiger partial charge is 0.220 e. The lowest BCUT2D eigenvalue weighted by Crippen LogP contribution is -2.23. The highest BCUT2D eigenvalue weighted by molar-refractivity contribution is 7.98. The van der Waals surface area contributed by atoms with E-state index in [0.29, 0.717) is 19.4 Å². The van der Waals surface area contributed by atoms with Gasteiger partial charge in [0.25, 0.3) is 0 Å². The first-order valence-electron chi connectivity index (χ1n) is 5.84. The van der Waals surface area contributed by atoms with Gasteiger partial charge in [0.05, 0.1) is 0 Å². The van der Waals surface area contributed by atoms with Crippen LogP contribution in [0.25, 0.3) is 0 Å². The minimum absolute atomic E-state index is 0.0302. The van der Waals surface area contributed by atoms with E-state index in [1.165, 1.54) is 11.8 Å². The lowest BCUT2D eigenvalue weighted by atomic mass is 10.1. The highest BCUT2D eigenvalue weighted by Crippen LogP contribution is 2.16. The van der Waals surface area contributed by atoms with Gasteiger partial charge in [-0.05, 0) is 32.1 Å². The summed E-state index contributed by atoms with van der Waals surface area (Å²) in [4.78, 5) is 20.3. The van der Waals surface area contributed by atoms with Gasteiger partial charge in [-0.3, -0.25) is 4.79 Å². The Hall–Kier alpha value is -1.36. The lowest BCUT2D eigenvalue weighted by molar-refractivity contribution is -0.120. The molecule has 1 N–H and O–H groups in total. The average molecular weight is 265 g/mol. The average Bonchev–Trinajstić information content (AvgIpc) is 2.34. The van der Waals surface area contributed by atoms with Crippen LogP contribution in [0, 0.1) is 13.8 Å². The number of aromatic nitrogens is 2. The summed E-state index contributed by atoms with van der Waals surface area (Å²) in [5, 5.41) is 3.54. The van der Waals surface area contributed by atoms with Crippen LogP contribution in [-0.2, 0) is 11.2 Å². The van der Waals surface area contributed by atoms with Crippen molar-refractivity contribution in [2.75, 3.05) is 12.8 Å². The summed E-state index contributed by atoms with van der Waals surface area (Å²) in [5.74, 6) is 0.0302. The van der Waals surface area contributed by atoms with Crippen LogP contribution in [0.3, 0.4) is 0 Å². The first kappa shape index (κ1) is 14.7. The minimum Gasteiger partial charge on any atom is -0.353 e. The van der Waals surface area contributed by atoms with Crippen molar-refractivity contribution in [3.63, 3.8) is 0 Å². The molecule has 0 saturated carbocycles. The standard InChI is InChI=1S/C13H19N3OS/c1-5-8-14-12(17)7-6-11-9(2)15-13(18-4)16-10(11)3/h5H,1,6-8H2,2-4H3,(H,14,17). The maximum absolute atomic E-state index is 11.5. The number of rotatable bonds is 6. The molecule has 0 radical (unpaired) electrons. The number of hydrogen-bond donors (Lipinski definition) is 1. The molecule has 1 aromatic heterocycles. The highest BCUT2D eigenvalue weighted by Gasteiger charge is 2.10. The summed E-state index contributed by atoms with van der Waals surface area (Å²) < 4.78 is 0. The maximum Gasteiger partial charge on any atom is 0.220 e. The zero-order valence-electron chi connectivity index (χ0n) is 11.1. The van der Waals surface area contributed by atoms with Crippen molar-refractivity contribution in [2.24, 2.45) is 0 Å². The Morgan fingerprint density at radius 3 is 2.50 bits per heavy atom. The van der Waals surface area contributed by atoms with Crippen molar-refractivity contribution in [3.05, 3.63) is 29.6 Å². The molecule has 0 bridgehead atoms. The topological polar surface area (TPSA) is 54.9 Å². The molecule has 98 valence electrons. The van der Waals surface area contributed by atoms with Gasteiger partial charge in [0.2, 0.25) is 5.91 Å². The van der Waals surface area contributed by atoms with E-state index in [1.54, 1.807) is 6.08 Å². The Morgan fingerprint density at radius 2 is 2.00 bits per heavy atom. The number of thioether (sulfide) groups is 1. The molecule has 1 heterocycles. The molecule has 0 fully saturated rings. The monoisotopic (exact) mass is 265 g/mol. The van der Waals surface area contributed by atoms with Crippen LogP contribution >= 0.6 is 11.8 Å². The van der Waals surface area contributed by atoms with E-state index in [4.69, 9.17) is 0 Å². The normalized spacial score (nSPS) is 10.2. The third-order valence-electron chi connectivity index (χ3n) is 2.63. The molecular weight excluding hydrogens is 246 g/mol. The highest BCUT2D eigenvalue weighted by atomic mass is 32.2. The Balaban J connectivity index is 2.67. The number of hydrogen-bond acceptors (Lipinski definition) is 4. The second-order valence-electron chi connectivity index (χ2n) is 3.95. The summed E-state index contributed by atoms with van der Waals surface area (Å²) in [6, 6.07) is 0. The van der Waals surface area contributed by atoms with Crippen molar-refractivity contribution in [3.8, 4) is 0 Å². The van der Waals surface area contributed by atoms with Gasteiger partial charge in [0, 0.05) is 24.4 Å². The third-order valence-corrected chi connectivity index (χ3v) is 3.18. The predicted molar refractivity (Wildman–Crippen MR) is 74.8 cm³/mol. The zero-order chi connectivity index (χ0) is 13.5. The second-order valence-corrected chi connectivity index (χ2v) is 4.73. The first-order valence-corrected chi connectivity index (χ1v) is 7.06.